The number of rotatable bonds is 3. The minimum Gasteiger partial charge on any atom is -0.274 e. The Labute approximate surface area is 138 Å². The fourth-order valence-corrected chi connectivity index (χ4v) is 3.46. The lowest BCUT2D eigenvalue weighted by Crippen LogP contribution is -2.31. The van der Waals surface area contributed by atoms with Crippen LogP contribution >= 0.6 is 11.8 Å². The maximum absolute atomic E-state index is 13.7. The number of nitrogens with zero attached hydrogens (tertiary/aromatic N) is 1. The van der Waals surface area contributed by atoms with Gasteiger partial charge in [-0.15, -0.1) is 11.8 Å². The first kappa shape index (κ1) is 16.5. The molecule has 1 fully saturated rings. The third-order valence-electron chi connectivity index (χ3n) is 3.45. The van der Waals surface area contributed by atoms with Gasteiger partial charge in [-0.1, -0.05) is 18.2 Å². The molecule has 0 aliphatic carbocycles. The Morgan fingerprint density at radius 3 is 2.12 bits per heavy atom. The zero-order valence-corrected chi connectivity index (χ0v) is 12.7. The Kier molecular flexibility index (Phi) is 4.31. The van der Waals surface area contributed by atoms with Crippen LogP contribution in [0.2, 0.25) is 0 Å². The summed E-state index contributed by atoms with van der Waals surface area (Å²) in [6.45, 7) is 0. The van der Waals surface area contributed by atoms with Crippen LogP contribution in [0.15, 0.2) is 41.3 Å². The molecule has 3 nitrogen and oxygen atoms in total. The van der Waals surface area contributed by atoms with E-state index in [1.807, 2.05) is 0 Å². The van der Waals surface area contributed by atoms with E-state index in [1.165, 1.54) is 12.1 Å². The molecule has 0 radical (unpaired) electrons. The quantitative estimate of drug-likeness (QED) is 0.479. The fraction of sp³-hybridized carbons (Fsp3) is 0.125. The summed E-state index contributed by atoms with van der Waals surface area (Å²) in [5, 5.41) is -1.16. The largest absolute Gasteiger partial charge is 0.274 e. The predicted octanol–water partition coefficient (Wildman–Crippen LogP) is 3.67. The summed E-state index contributed by atoms with van der Waals surface area (Å²) in [6.07, 6.45) is -0.324. The second kappa shape index (κ2) is 6.27. The van der Waals surface area contributed by atoms with Crippen LogP contribution in [0, 0.1) is 23.3 Å². The van der Waals surface area contributed by atoms with E-state index in [2.05, 4.69) is 0 Å². The molecule has 0 bridgehead atoms. The van der Waals surface area contributed by atoms with Crippen LogP contribution in [0.25, 0.3) is 0 Å². The number of hydrogen-bond acceptors (Lipinski definition) is 3. The topological polar surface area (TPSA) is 37.4 Å². The molecule has 2 aromatic rings. The van der Waals surface area contributed by atoms with Gasteiger partial charge >= 0.3 is 0 Å². The molecule has 1 aliphatic rings. The van der Waals surface area contributed by atoms with E-state index < -0.39 is 45.2 Å². The van der Waals surface area contributed by atoms with Gasteiger partial charge in [0.25, 0.3) is 0 Å². The number of anilines is 1. The van der Waals surface area contributed by atoms with Crippen molar-refractivity contribution in [2.75, 3.05) is 4.90 Å². The highest BCUT2D eigenvalue weighted by molar-refractivity contribution is 8.00. The number of halogens is 4. The minimum atomic E-state index is -1.59. The number of hydrogen-bond donors (Lipinski definition) is 0. The van der Waals surface area contributed by atoms with E-state index in [-0.39, 0.29) is 12.5 Å². The Hall–Kier alpha value is -2.35. The van der Waals surface area contributed by atoms with Gasteiger partial charge in [-0.3, -0.25) is 9.59 Å². The first-order valence-electron chi connectivity index (χ1n) is 6.81. The smallest absolute Gasteiger partial charge is 0.247 e. The number of carbonyl (C=O) groups is 2. The Bertz CT molecular complexity index is 802. The highest BCUT2D eigenvalue weighted by Crippen LogP contribution is 2.37. The normalized spacial score (nSPS) is 17.7. The summed E-state index contributed by atoms with van der Waals surface area (Å²) in [6, 6.07) is 8.10. The van der Waals surface area contributed by atoms with Crippen LogP contribution in [0.3, 0.4) is 0 Å². The maximum Gasteiger partial charge on any atom is 0.247 e. The molecule has 1 atom stereocenters. The molecule has 0 unspecified atom stereocenters. The average molecular weight is 355 g/mol. The van der Waals surface area contributed by atoms with Crippen LogP contribution in [-0.4, -0.2) is 17.1 Å². The van der Waals surface area contributed by atoms with Crippen LogP contribution < -0.4 is 4.90 Å². The molecule has 1 aliphatic heterocycles. The second-order valence-electron chi connectivity index (χ2n) is 5.01. The Morgan fingerprint density at radius 1 is 0.958 bits per heavy atom. The van der Waals surface area contributed by atoms with Crippen molar-refractivity contribution in [2.45, 2.75) is 16.6 Å². The lowest BCUT2D eigenvalue weighted by molar-refractivity contribution is -0.121. The SMILES string of the molecule is O=C1C[C@@H](Sc2c(F)c(F)cc(F)c2F)C(=O)N1c1ccccc1. The third-order valence-corrected chi connectivity index (χ3v) is 4.70. The van der Waals surface area contributed by atoms with Crippen molar-refractivity contribution in [3.8, 4) is 0 Å². The summed E-state index contributed by atoms with van der Waals surface area (Å²) in [4.78, 5) is 24.4. The van der Waals surface area contributed by atoms with Crippen LogP contribution in [0.5, 0.6) is 0 Å². The van der Waals surface area contributed by atoms with E-state index >= 15 is 0 Å². The predicted molar refractivity (Wildman–Crippen MR) is 79.5 cm³/mol. The van der Waals surface area contributed by atoms with Crippen LogP contribution in [0.4, 0.5) is 23.2 Å². The monoisotopic (exact) mass is 355 g/mol. The van der Waals surface area contributed by atoms with Gasteiger partial charge in [-0.25, -0.2) is 22.5 Å². The zero-order chi connectivity index (χ0) is 17.4. The molecule has 0 aromatic heterocycles. The van der Waals surface area contributed by atoms with E-state index in [1.54, 1.807) is 18.2 Å². The van der Waals surface area contributed by atoms with Crippen molar-refractivity contribution >= 4 is 29.3 Å². The summed E-state index contributed by atoms with van der Waals surface area (Å²) in [5.74, 6) is -7.54. The Morgan fingerprint density at radius 2 is 1.54 bits per heavy atom. The molecular formula is C16H9F4NO2S. The molecule has 1 saturated heterocycles. The third kappa shape index (κ3) is 2.77. The standard InChI is InChI=1S/C16H9F4NO2S/c17-9-6-10(18)14(20)15(13(9)19)24-11-7-12(22)21(16(11)23)8-4-2-1-3-5-8/h1-6,11H,7H2/t11-/m1/s1. The molecule has 0 saturated carbocycles. The molecule has 0 spiro atoms. The van der Waals surface area contributed by atoms with Crippen LogP contribution in [-0.2, 0) is 9.59 Å². The van der Waals surface area contributed by atoms with Gasteiger partial charge in [-0.2, -0.15) is 0 Å². The maximum atomic E-state index is 13.7. The van der Waals surface area contributed by atoms with Gasteiger partial charge in [0.1, 0.15) is 0 Å². The van der Waals surface area contributed by atoms with Gasteiger partial charge in [0, 0.05) is 12.5 Å². The molecule has 2 aromatic carbocycles. The lowest BCUT2D eigenvalue weighted by atomic mass is 10.3. The second-order valence-corrected chi connectivity index (χ2v) is 6.22. The van der Waals surface area contributed by atoms with Gasteiger partial charge in [0.15, 0.2) is 23.3 Å². The van der Waals surface area contributed by atoms with Crippen LogP contribution in [0.1, 0.15) is 6.42 Å². The first-order chi connectivity index (χ1) is 11.4. The number of amides is 2. The van der Waals surface area contributed by atoms with Crippen molar-refractivity contribution in [3.05, 3.63) is 59.7 Å². The molecule has 124 valence electrons. The van der Waals surface area contributed by atoms with Crippen molar-refractivity contribution in [1.82, 2.24) is 0 Å². The summed E-state index contributed by atoms with van der Waals surface area (Å²) < 4.78 is 54.0. The van der Waals surface area contributed by atoms with E-state index in [0.717, 1.165) is 4.90 Å². The molecule has 2 amide bonds. The van der Waals surface area contributed by atoms with E-state index in [4.69, 9.17) is 0 Å². The van der Waals surface area contributed by atoms with E-state index in [0.29, 0.717) is 17.4 Å². The van der Waals surface area contributed by atoms with Gasteiger partial charge in [0.05, 0.1) is 15.8 Å². The summed E-state index contributed by atoms with van der Waals surface area (Å²) in [5.41, 5.74) is 0.321. The average Bonchev–Trinajstić information content (AvgIpc) is 2.84. The highest BCUT2D eigenvalue weighted by Gasteiger charge is 2.41. The fourth-order valence-electron chi connectivity index (χ4n) is 2.34. The Balaban J connectivity index is 1.91. The number of thioether (sulfide) groups is 1. The van der Waals surface area contributed by atoms with Gasteiger partial charge < -0.3 is 0 Å². The highest BCUT2D eigenvalue weighted by atomic mass is 32.2. The molecular weight excluding hydrogens is 346 g/mol. The number of para-hydroxylation sites is 1. The van der Waals surface area contributed by atoms with Gasteiger partial charge in [-0.05, 0) is 12.1 Å². The molecule has 1 heterocycles. The van der Waals surface area contributed by atoms with Crippen molar-refractivity contribution < 1.29 is 27.2 Å². The first-order valence-corrected chi connectivity index (χ1v) is 7.69. The molecule has 24 heavy (non-hydrogen) atoms. The van der Waals surface area contributed by atoms with Crippen molar-refractivity contribution in [1.29, 1.82) is 0 Å². The van der Waals surface area contributed by atoms with Crippen molar-refractivity contribution in [3.63, 3.8) is 0 Å². The van der Waals surface area contributed by atoms with E-state index in [9.17, 15) is 27.2 Å². The number of benzene rings is 2. The number of imide groups is 1. The van der Waals surface area contributed by atoms with Crippen molar-refractivity contribution in [2.24, 2.45) is 0 Å². The summed E-state index contributed by atoms with van der Waals surface area (Å²) >= 11 is 0.301. The molecule has 0 N–H and O–H groups in total. The lowest BCUT2D eigenvalue weighted by Gasteiger charge is -2.15. The summed E-state index contributed by atoms with van der Waals surface area (Å²) in [7, 11) is 0. The number of carbonyl (C=O) groups excluding carboxylic acids is 2. The molecule has 3 rings (SSSR count). The molecule has 8 heteroatoms. The minimum absolute atomic E-state index is 0.0899. The zero-order valence-electron chi connectivity index (χ0n) is 11.9. The van der Waals surface area contributed by atoms with Gasteiger partial charge in [0.2, 0.25) is 11.8 Å².